The zero-order valence-electron chi connectivity index (χ0n) is 9.96. The number of methoxy groups -OCH3 is 2. The van der Waals surface area contributed by atoms with Gasteiger partial charge in [0, 0.05) is 11.1 Å². The first-order valence-electron chi connectivity index (χ1n) is 5.23. The molecule has 0 aliphatic heterocycles. The van der Waals surface area contributed by atoms with Crippen molar-refractivity contribution in [2.75, 3.05) is 14.2 Å². The molecule has 0 unspecified atom stereocenters. The Bertz CT molecular complexity index is 477. The van der Waals surface area contributed by atoms with E-state index in [0.29, 0.717) is 17.7 Å². The lowest BCUT2D eigenvalue weighted by molar-refractivity contribution is 0.288. The summed E-state index contributed by atoms with van der Waals surface area (Å²) in [4.78, 5) is 0. The van der Waals surface area contributed by atoms with E-state index in [4.69, 9.17) is 14.2 Å². The quantitative estimate of drug-likeness (QED) is 0.807. The summed E-state index contributed by atoms with van der Waals surface area (Å²) in [5, 5.41) is 12.2. The molecule has 17 heavy (non-hydrogen) atoms. The Morgan fingerprint density at radius 2 is 1.71 bits per heavy atom. The van der Waals surface area contributed by atoms with Crippen molar-refractivity contribution in [2.24, 2.45) is 0 Å². The van der Waals surface area contributed by atoms with Crippen LogP contribution in [0.15, 0.2) is 6.58 Å². The molecule has 0 atom stereocenters. The first-order valence-corrected chi connectivity index (χ1v) is 5.23. The predicted octanol–water partition coefficient (Wildman–Crippen LogP) is 2.98. The van der Waals surface area contributed by atoms with Crippen molar-refractivity contribution in [3.8, 4) is 23.0 Å². The van der Waals surface area contributed by atoms with Gasteiger partial charge in [0.1, 0.15) is 7.11 Å². The molecule has 1 aliphatic carbocycles. The molecule has 90 valence electrons. The van der Waals surface area contributed by atoms with Gasteiger partial charge in [-0.25, -0.2) is 0 Å². The van der Waals surface area contributed by atoms with Crippen LogP contribution in [0.2, 0.25) is 0 Å². The van der Waals surface area contributed by atoms with Gasteiger partial charge in [-0.05, 0) is 18.4 Å². The number of allylic oxidation sites excluding steroid dienone is 1. The second-order valence-electron chi connectivity index (χ2n) is 3.83. The minimum Gasteiger partial charge on any atom is -0.490 e. The van der Waals surface area contributed by atoms with E-state index in [1.54, 1.807) is 0 Å². The number of hydrogen-bond acceptors (Lipinski definition) is 3. The third-order valence-corrected chi connectivity index (χ3v) is 3.00. The minimum atomic E-state index is -0.154. The molecule has 0 saturated carbocycles. The molecule has 4 heteroatoms. The zero-order valence-corrected chi connectivity index (χ0v) is 9.96. The molecule has 0 fully saturated rings. The lowest BCUT2D eigenvalue weighted by Gasteiger charge is -2.16. The van der Waals surface area contributed by atoms with Gasteiger partial charge in [0.25, 0.3) is 0 Å². The van der Waals surface area contributed by atoms with Crippen LogP contribution in [0.25, 0.3) is 5.57 Å². The van der Waals surface area contributed by atoms with Crippen molar-refractivity contribution < 1.29 is 19.3 Å². The molecular weight excluding hydrogens is 220 g/mol. The summed E-state index contributed by atoms with van der Waals surface area (Å²) in [6, 6.07) is 0. The summed E-state index contributed by atoms with van der Waals surface area (Å²) in [6.45, 7) is 3.93. The topological polar surface area (TPSA) is 47.6 Å². The maximum atomic E-state index is 12.2. The summed E-state index contributed by atoms with van der Waals surface area (Å²) >= 11 is 0. The molecule has 0 heterocycles. The molecular formula is C13H14O4. The average molecular weight is 234 g/mol. The van der Waals surface area contributed by atoms with E-state index < -0.39 is 0 Å². The largest absolute Gasteiger partial charge is 0.490 e. The monoisotopic (exact) mass is 234 g/mol. The number of ether oxygens (including phenoxy) is 3. The lowest BCUT2D eigenvalue weighted by Crippen LogP contribution is -1.98. The lowest BCUT2D eigenvalue weighted by atomic mass is 10.0. The van der Waals surface area contributed by atoms with Crippen LogP contribution in [0.5, 0.6) is 23.0 Å². The first kappa shape index (κ1) is 11.6. The van der Waals surface area contributed by atoms with Crippen molar-refractivity contribution in [2.45, 2.75) is 12.8 Å². The Hall–Kier alpha value is -1.84. The van der Waals surface area contributed by atoms with Crippen LogP contribution in [0.1, 0.15) is 17.5 Å². The SMILES string of the molecule is [CH2]Oc1c(OC)c(OC)c([O])c2c1C(=C)CC2. The van der Waals surface area contributed by atoms with Gasteiger partial charge < -0.3 is 14.2 Å². The van der Waals surface area contributed by atoms with Crippen molar-refractivity contribution in [1.82, 2.24) is 0 Å². The fourth-order valence-electron chi connectivity index (χ4n) is 2.23. The normalized spacial score (nSPS) is 13.5. The van der Waals surface area contributed by atoms with Gasteiger partial charge >= 0.3 is 0 Å². The van der Waals surface area contributed by atoms with E-state index in [9.17, 15) is 5.11 Å². The third kappa shape index (κ3) is 1.52. The van der Waals surface area contributed by atoms with Crippen LogP contribution in [-0.4, -0.2) is 14.2 Å². The van der Waals surface area contributed by atoms with Crippen LogP contribution in [0, 0.1) is 7.11 Å². The van der Waals surface area contributed by atoms with Crippen molar-refractivity contribution in [1.29, 1.82) is 0 Å². The molecule has 0 bridgehead atoms. The number of fused-ring (bicyclic) bond motifs is 1. The zero-order chi connectivity index (χ0) is 12.6. The van der Waals surface area contributed by atoms with Crippen molar-refractivity contribution in [3.05, 3.63) is 24.8 Å². The second-order valence-corrected chi connectivity index (χ2v) is 3.83. The molecule has 0 spiro atoms. The van der Waals surface area contributed by atoms with Gasteiger partial charge in [0.05, 0.1) is 14.2 Å². The molecule has 4 nitrogen and oxygen atoms in total. The van der Waals surface area contributed by atoms with Crippen LogP contribution in [0.4, 0.5) is 0 Å². The summed E-state index contributed by atoms with van der Waals surface area (Å²) in [5.41, 5.74) is 2.27. The fourth-order valence-corrected chi connectivity index (χ4v) is 2.23. The molecule has 0 saturated heterocycles. The molecule has 0 amide bonds. The Morgan fingerprint density at radius 1 is 1.06 bits per heavy atom. The standard InChI is InChI=1S/C13H14O4/c1-7-5-6-8-9(7)11(15-2)13(17-4)12(16-3)10(8)14/h1-2,5-6H2,3-4H3. The molecule has 2 rings (SSSR count). The van der Waals surface area contributed by atoms with E-state index >= 15 is 0 Å². The second kappa shape index (κ2) is 4.20. The molecule has 1 aromatic carbocycles. The Morgan fingerprint density at radius 3 is 2.24 bits per heavy atom. The fraction of sp³-hybridized carbons (Fsp3) is 0.308. The Balaban J connectivity index is 2.81. The van der Waals surface area contributed by atoms with E-state index in [-0.39, 0.29) is 17.2 Å². The average Bonchev–Trinajstić information content (AvgIpc) is 2.71. The van der Waals surface area contributed by atoms with E-state index in [2.05, 4.69) is 13.7 Å². The molecule has 1 aliphatic rings. The van der Waals surface area contributed by atoms with Gasteiger partial charge in [-0.2, -0.15) is 0 Å². The highest BCUT2D eigenvalue weighted by atomic mass is 16.5. The first-order chi connectivity index (χ1) is 8.15. The van der Waals surface area contributed by atoms with Gasteiger partial charge in [-0.1, -0.05) is 6.58 Å². The van der Waals surface area contributed by atoms with Crippen LogP contribution < -0.4 is 14.2 Å². The molecule has 0 N–H and O–H groups in total. The van der Waals surface area contributed by atoms with Crippen LogP contribution in [0.3, 0.4) is 0 Å². The molecule has 0 aromatic heterocycles. The van der Waals surface area contributed by atoms with Gasteiger partial charge in [-0.3, -0.25) is 5.11 Å². The smallest absolute Gasteiger partial charge is 0.228 e. The third-order valence-electron chi connectivity index (χ3n) is 3.00. The highest BCUT2D eigenvalue weighted by Gasteiger charge is 2.31. The number of hydrogen-bond donors (Lipinski definition) is 0. The number of rotatable bonds is 3. The van der Waals surface area contributed by atoms with E-state index in [1.807, 2.05) is 0 Å². The highest BCUT2D eigenvalue weighted by Crippen LogP contribution is 2.54. The van der Waals surface area contributed by atoms with Gasteiger partial charge in [-0.15, -0.1) is 0 Å². The number of benzene rings is 1. The minimum absolute atomic E-state index is 0.154. The summed E-state index contributed by atoms with van der Waals surface area (Å²) in [6.07, 6.45) is 1.40. The van der Waals surface area contributed by atoms with E-state index in [0.717, 1.165) is 17.6 Å². The predicted molar refractivity (Wildman–Crippen MR) is 63.0 cm³/mol. The Kier molecular flexibility index (Phi) is 2.88. The summed E-state index contributed by atoms with van der Waals surface area (Å²) in [7, 11) is 6.30. The van der Waals surface area contributed by atoms with Crippen LogP contribution >= 0.6 is 0 Å². The maximum absolute atomic E-state index is 12.2. The van der Waals surface area contributed by atoms with Crippen molar-refractivity contribution >= 4 is 5.57 Å². The Labute approximate surface area is 100 Å². The van der Waals surface area contributed by atoms with E-state index in [1.165, 1.54) is 14.2 Å². The van der Waals surface area contributed by atoms with Crippen LogP contribution in [-0.2, 0) is 11.5 Å². The molecule has 2 radical (unpaired) electrons. The summed E-state index contributed by atoms with van der Waals surface area (Å²) in [5.74, 6) is 0.731. The summed E-state index contributed by atoms with van der Waals surface area (Å²) < 4.78 is 15.4. The van der Waals surface area contributed by atoms with Crippen molar-refractivity contribution in [3.63, 3.8) is 0 Å². The molecule has 1 aromatic rings. The van der Waals surface area contributed by atoms with Gasteiger partial charge in [0.15, 0.2) is 5.75 Å². The maximum Gasteiger partial charge on any atom is 0.228 e. The highest BCUT2D eigenvalue weighted by molar-refractivity contribution is 5.83. The van der Waals surface area contributed by atoms with Gasteiger partial charge in [0.2, 0.25) is 17.2 Å².